The van der Waals surface area contributed by atoms with Crippen LogP contribution in [0.4, 0.5) is 0 Å². The molecule has 0 aliphatic heterocycles. The maximum absolute atomic E-state index is 11.6. The van der Waals surface area contributed by atoms with Gasteiger partial charge in [0.25, 0.3) is 0 Å². The predicted molar refractivity (Wildman–Crippen MR) is 78.2 cm³/mol. The van der Waals surface area contributed by atoms with E-state index in [0.29, 0.717) is 0 Å². The topological polar surface area (TPSA) is 42.2 Å². The Hall–Kier alpha value is -2.81. The molecule has 0 atom stereocenters. The van der Waals surface area contributed by atoms with E-state index in [-0.39, 0.29) is 5.69 Å². The van der Waals surface area contributed by atoms with Gasteiger partial charge in [0, 0.05) is 17.4 Å². The lowest BCUT2D eigenvalue weighted by molar-refractivity contribution is 0.0689. The number of aromatic nitrogens is 1. The van der Waals surface area contributed by atoms with Crippen LogP contribution in [0.3, 0.4) is 0 Å². The van der Waals surface area contributed by atoms with E-state index in [1.165, 1.54) is 0 Å². The Morgan fingerprint density at radius 2 is 1.45 bits per heavy atom. The number of para-hydroxylation sites is 1. The zero-order valence-corrected chi connectivity index (χ0v) is 10.7. The van der Waals surface area contributed by atoms with Crippen molar-refractivity contribution in [3.63, 3.8) is 0 Å². The monoisotopic (exact) mass is 263 g/mol. The van der Waals surface area contributed by atoms with Crippen molar-refractivity contribution in [1.29, 1.82) is 0 Å². The number of carboxylic acids is 1. The van der Waals surface area contributed by atoms with Gasteiger partial charge in [-0.2, -0.15) is 0 Å². The molecule has 3 heteroatoms. The van der Waals surface area contributed by atoms with Crippen molar-refractivity contribution in [2.24, 2.45) is 0 Å². The number of carboxylic acid groups (broad SMARTS) is 1. The normalized spacial score (nSPS) is 10.4. The van der Waals surface area contributed by atoms with E-state index in [1.807, 2.05) is 66.7 Å². The molecule has 20 heavy (non-hydrogen) atoms. The van der Waals surface area contributed by atoms with Crippen LogP contribution in [0, 0.1) is 0 Å². The van der Waals surface area contributed by atoms with Crippen LogP contribution < -0.4 is 0 Å². The predicted octanol–water partition coefficient (Wildman–Crippen LogP) is 3.84. The molecule has 0 bridgehead atoms. The third-order valence-corrected chi connectivity index (χ3v) is 3.21. The van der Waals surface area contributed by atoms with Gasteiger partial charge in [-0.25, -0.2) is 4.79 Å². The fourth-order valence-electron chi connectivity index (χ4n) is 2.30. The third-order valence-electron chi connectivity index (χ3n) is 3.21. The molecule has 0 amide bonds. The Morgan fingerprint density at radius 1 is 0.850 bits per heavy atom. The van der Waals surface area contributed by atoms with Crippen molar-refractivity contribution < 1.29 is 9.90 Å². The average Bonchev–Trinajstić information content (AvgIpc) is 2.94. The van der Waals surface area contributed by atoms with Crippen LogP contribution in [0.5, 0.6) is 0 Å². The zero-order chi connectivity index (χ0) is 13.9. The molecule has 0 unspecified atom stereocenters. The first-order valence-electron chi connectivity index (χ1n) is 6.33. The molecule has 3 aromatic rings. The summed E-state index contributed by atoms with van der Waals surface area (Å²) in [5, 5.41) is 9.54. The molecular formula is C17H13NO2. The number of benzene rings is 2. The quantitative estimate of drug-likeness (QED) is 0.780. The Balaban J connectivity index is 2.20. The maximum atomic E-state index is 11.6. The van der Waals surface area contributed by atoms with Gasteiger partial charge >= 0.3 is 5.97 Å². The second-order valence-electron chi connectivity index (χ2n) is 4.45. The van der Waals surface area contributed by atoms with Crippen LogP contribution >= 0.6 is 0 Å². The number of hydrogen-bond acceptors (Lipinski definition) is 1. The van der Waals surface area contributed by atoms with Gasteiger partial charge in [-0.05, 0) is 23.8 Å². The van der Waals surface area contributed by atoms with Crippen molar-refractivity contribution >= 4 is 5.97 Å². The van der Waals surface area contributed by atoms with Crippen LogP contribution in [0.2, 0.25) is 0 Å². The second kappa shape index (κ2) is 5.05. The molecule has 0 radical (unpaired) electrons. The molecule has 3 nitrogen and oxygen atoms in total. The van der Waals surface area contributed by atoms with E-state index >= 15 is 0 Å². The SMILES string of the molecule is O=C(O)c1c(-c2ccccc2)ccn1-c1ccccc1. The Bertz CT molecular complexity index is 673. The van der Waals surface area contributed by atoms with Crippen LogP contribution in [-0.4, -0.2) is 15.6 Å². The minimum absolute atomic E-state index is 0.280. The third kappa shape index (κ3) is 2.10. The molecule has 0 saturated carbocycles. The van der Waals surface area contributed by atoms with Crippen LogP contribution in [0.15, 0.2) is 72.9 Å². The standard InChI is InChI=1S/C17H13NO2/c19-17(20)16-15(13-7-3-1-4-8-13)11-12-18(16)14-9-5-2-6-10-14/h1-12H,(H,19,20). The van der Waals surface area contributed by atoms with Gasteiger partial charge in [0.1, 0.15) is 5.69 Å². The molecule has 1 aromatic heterocycles. The van der Waals surface area contributed by atoms with Gasteiger partial charge in [-0.3, -0.25) is 0 Å². The molecule has 1 heterocycles. The van der Waals surface area contributed by atoms with Crippen molar-refractivity contribution in [1.82, 2.24) is 4.57 Å². The van der Waals surface area contributed by atoms with Gasteiger partial charge in [0.15, 0.2) is 0 Å². The molecule has 0 fully saturated rings. The van der Waals surface area contributed by atoms with E-state index in [4.69, 9.17) is 0 Å². The van der Waals surface area contributed by atoms with E-state index in [1.54, 1.807) is 10.8 Å². The smallest absolute Gasteiger partial charge is 0.353 e. The summed E-state index contributed by atoms with van der Waals surface area (Å²) in [6.07, 6.45) is 1.79. The lowest BCUT2D eigenvalue weighted by atomic mass is 10.1. The second-order valence-corrected chi connectivity index (χ2v) is 4.45. The highest BCUT2D eigenvalue weighted by molar-refractivity contribution is 5.95. The number of carbonyl (C=O) groups is 1. The summed E-state index contributed by atoms with van der Waals surface area (Å²) in [5.41, 5.74) is 2.75. The average molecular weight is 263 g/mol. The lowest BCUT2D eigenvalue weighted by Crippen LogP contribution is -2.07. The lowest BCUT2D eigenvalue weighted by Gasteiger charge is -2.08. The minimum atomic E-state index is -0.933. The summed E-state index contributed by atoms with van der Waals surface area (Å²) in [7, 11) is 0. The summed E-state index contributed by atoms with van der Waals surface area (Å²) in [6, 6.07) is 20.9. The Kier molecular flexibility index (Phi) is 3.09. The number of aromatic carboxylic acids is 1. The molecular weight excluding hydrogens is 250 g/mol. The van der Waals surface area contributed by atoms with Crippen LogP contribution in [0.1, 0.15) is 10.5 Å². The van der Waals surface area contributed by atoms with Crippen molar-refractivity contribution in [2.45, 2.75) is 0 Å². The van der Waals surface area contributed by atoms with E-state index in [9.17, 15) is 9.90 Å². The van der Waals surface area contributed by atoms with Crippen molar-refractivity contribution in [2.75, 3.05) is 0 Å². The summed E-state index contributed by atoms with van der Waals surface area (Å²) < 4.78 is 1.70. The van der Waals surface area contributed by atoms with Gasteiger partial charge in [0.2, 0.25) is 0 Å². The number of nitrogens with zero attached hydrogens (tertiary/aromatic N) is 1. The summed E-state index contributed by atoms with van der Waals surface area (Å²) in [6.45, 7) is 0. The molecule has 0 aliphatic rings. The van der Waals surface area contributed by atoms with Crippen LogP contribution in [-0.2, 0) is 0 Å². The molecule has 1 N–H and O–H groups in total. The van der Waals surface area contributed by atoms with Gasteiger partial charge < -0.3 is 9.67 Å². The first-order chi connectivity index (χ1) is 9.77. The first-order valence-corrected chi connectivity index (χ1v) is 6.33. The fraction of sp³-hybridized carbons (Fsp3) is 0. The largest absolute Gasteiger partial charge is 0.477 e. The summed E-state index contributed by atoms with van der Waals surface area (Å²) in [5.74, 6) is -0.933. The molecule has 0 saturated heterocycles. The van der Waals surface area contributed by atoms with Crippen molar-refractivity contribution in [3.05, 3.63) is 78.6 Å². The van der Waals surface area contributed by atoms with E-state index in [2.05, 4.69) is 0 Å². The maximum Gasteiger partial charge on any atom is 0.353 e. The fourth-order valence-corrected chi connectivity index (χ4v) is 2.30. The van der Waals surface area contributed by atoms with E-state index < -0.39 is 5.97 Å². The Labute approximate surface area is 116 Å². The molecule has 0 spiro atoms. The summed E-state index contributed by atoms with van der Waals surface area (Å²) >= 11 is 0. The van der Waals surface area contributed by atoms with Crippen LogP contribution in [0.25, 0.3) is 16.8 Å². The number of rotatable bonds is 3. The van der Waals surface area contributed by atoms with Crippen molar-refractivity contribution in [3.8, 4) is 16.8 Å². The number of hydrogen-bond donors (Lipinski definition) is 1. The van der Waals surface area contributed by atoms with Gasteiger partial charge in [-0.1, -0.05) is 48.5 Å². The first kappa shape index (κ1) is 12.2. The highest BCUT2D eigenvalue weighted by atomic mass is 16.4. The molecule has 98 valence electrons. The van der Waals surface area contributed by atoms with E-state index in [0.717, 1.165) is 16.8 Å². The highest BCUT2D eigenvalue weighted by Crippen LogP contribution is 2.27. The minimum Gasteiger partial charge on any atom is -0.477 e. The molecule has 3 rings (SSSR count). The van der Waals surface area contributed by atoms with Gasteiger partial charge in [0.05, 0.1) is 0 Å². The molecule has 2 aromatic carbocycles. The summed E-state index contributed by atoms with van der Waals surface area (Å²) in [4.78, 5) is 11.6. The zero-order valence-electron chi connectivity index (χ0n) is 10.7. The van der Waals surface area contributed by atoms with Gasteiger partial charge in [-0.15, -0.1) is 0 Å². The highest BCUT2D eigenvalue weighted by Gasteiger charge is 2.18. The molecule has 0 aliphatic carbocycles. The Morgan fingerprint density at radius 3 is 2.05 bits per heavy atom.